The van der Waals surface area contributed by atoms with Gasteiger partial charge in [0, 0.05) is 23.1 Å². The van der Waals surface area contributed by atoms with E-state index in [0.29, 0.717) is 11.8 Å². The molecule has 5 nitrogen and oxygen atoms in total. The lowest BCUT2D eigenvalue weighted by Crippen LogP contribution is -2.03. The lowest BCUT2D eigenvalue weighted by Gasteiger charge is -2.06. The summed E-state index contributed by atoms with van der Waals surface area (Å²) in [6.07, 6.45) is 3.64. The Morgan fingerprint density at radius 1 is 1.30 bits per heavy atom. The maximum absolute atomic E-state index is 8.66. The van der Waals surface area contributed by atoms with Crippen LogP contribution in [0.15, 0.2) is 24.5 Å². The molecule has 0 aromatic carbocycles. The van der Waals surface area contributed by atoms with E-state index in [1.807, 2.05) is 12.3 Å². The standard InChI is InChI=1S/C14H19N3O2S/c1-10(2)14-17-9-12(20-14)8-15-11-3-4-13(16-7-11)19-6-5-18/h3-4,7,9-10,15,18H,5-6,8H2,1-2H3. The van der Waals surface area contributed by atoms with Crippen LogP contribution in [-0.4, -0.2) is 28.3 Å². The summed E-state index contributed by atoms with van der Waals surface area (Å²) >= 11 is 1.73. The second-order valence-electron chi connectivity index (χ2n) is 4.63. The molecule has 0 amide bonds. The number of thiazole rings is 1. The van der Waals surface area contributed by atoms with Crippen LogP contribution in [-0.2, 0) is 6.54 Å². The zero-order chi connectivity index (χ0) is 14.4. The van der Waals surface area contributed by atoms with Crippen LogP contribution in [0, 0.1) is 0 Å². The molecule has 0 saturated carbocycles. The smallest absolute Gasteiger partial charge is 0.213 e. The fourth-order valence-corrected chi connectivity index (χ4v) is 2.44. The van der Waals surface area contributed by atoms with Gasteiger partial charge in [0.05, 0.1) is 30.0 Å². The van der Waals surface area contributed by atoms with E-state index in [0.717, 1.165) is 17.2 Å². The maximum atomic E-state index is 8.66. The molecule has 0 aliphatic heterocycles. The van der Waals surface area contributed by atoms with Crippen LogP contribution >= 0.6 is 11.3 Å². The summed E-state index contributed by atoms with van der Waals surface area (Å²) in [6, 6.07) is 3.69. The molecule has 20 heavy (non-hydrogen) atoms. The summed E-state index contributed by atoms with van der Waals surface area (Å²) in [5.41, 5.74) is 0.931. The first-order valence-corrected chi connectivity index (χ1v) is 7.39. The number of ether oxygens (including phenoxy) is 1. The molecule has 0 radical (unpaired) electrons. The van der Waals surface area contributed by atoms with Gasteiger partial charge in [0.1, 0.15) is 6.61 Å². The zero-order valence-corrected chi connectivity index (χ0v) is 12.5. The van der Waals surface area contributed by atoms with Crippen molar-refractivity contribution in [2.45, 2.75) is 26.3 Å². The third-order valence-corrected chi connectivity index (χ3v) is 3.91. The molecule has 0 aliphatic rings. The Bertz CT molecular complexity index is 525. The van der Waals surface area contributed by atoms with Gasteiger partial charge in [-0.25, -0.2) is 9.97 Å². The molecule has 0 bridgehead atoms. The number of anilines is 1. The predicted octanol–water partition coefficient (Wildman–Crippen LogP) is 2.64. The van der Waals surface area contributed by atoms with Crippen molar-refractivity contribution in [3.63, 3.8) is 0 Å². The van der Waals surface area contributed by atoms with Gasteiger partial charge >= 0.3 is 0 Å². The van der Waals surface area contributed by atoms with Gasteiger partial charge < -0.3 is 15.2 Å². The van der Waals surface area contributed by atoms with Crippen molar-refractivity contribution in [2.24, 2.45) is 0 Å². The minimum Gasteiger partial charge on any atom is -0.475 e. The number of rotatable bonds is 7. The van der Waals surface area contributed by atoms with Crippen LogP contribution in [0.3, 0.4) is 0 Å². The van der Waals surface area contributed by atoms with E-state index in [9.17, 15) is 0 Å². The first-order valence-electron chi connectivity index (χ1n) is 6.57. The SMILES string of the molecule is CC(C)c1ncc(CNc2ccc(OCCO)nc2)s1. The second-order valence-corrected chi connectivity index (χ2v) is 5.78. The van der Waals surface area contributed by atoms with Gasteiger partial charge in [-0.2, -0.15) is 0 Å². The molecule has 6 heteroatoms. The summed E-state index contributed by atoms with van der Waals surface area (Å²) in [5.74, 6) is 0.989. The lowest BCUT2D eigenvalue weighted by molar-refractivity contribution is 0.196. The lowest BCUT2D eigenvalue weighted by atomic mass is 10.2. The maximum Gasteiger partial charge on any atom is 0.213 e. The van der Waals surface area contributed by atoms with Gasteiger partial charge in [-0.3, -0.25) is 0 Å². The molecule has 0 aliphatic carbocycles. The molecule has 2 aromatic heterocycles. The first-order chi connectivity index (χ1) is 9.69. The van der Waals surface area contributed by atoms with Gasteiger partial charge in [-0.05, 0) is 6.07 Å². The molecule has 0 spiro atoms. The first kappa shape index (κ1) is 14.7. The Balaban J connectivity index is 1.86. The summed E-state index contributed by atoms with van der Waals surface area (Å²) in [4.78, 5) is 9.75. The van der Waals surface area contributed by atoms with Gasteiger partial charge in [-0.15, -0.1) is 11.3 Å². The van der Waals surface area contributed by atoms with Crippen molar-refractivity contribution < 1.29 is 9.84 Å². The van der Waals surface area contributed by atoms with Crippen molar-refractivity contribution in [3.05, 3.63) is 34.4 Å². The molecule has 0 saturated heterocycles. The Morgan fingerprint density at radius 3 is 2.75 bits per heavy atom. The number of aromatic nitrogens is 2. The van der Waals surface area contributed by atoms with E-state index < -0.39 is 0 Å². The zero-order valence-electron chi connectivity index (χ0n) is 11.7. The van der Waals surface area contributed by atoms with Gasteiger partial charge in [0.15, 0.2) is 0 Å². The summed E-state index contributed by atoms with van der Waals surface area (Å²) < 4.78 is 5.21. The van der Waals surface area contributed by atoms with Crippen LogP contribution in [0.2, 0.25) is 0 Å². The predicted molar refractivity (Wildman–Crippen MR) is 80.3 cm³/mol. The monoisotopic (exact) mass is 293 g/mol. The van der Waals surface area contributed by atoms with Crippen LogP contribution in [0.1, 0.15) is 29.7 Å². The van der Waals surface area contributed by atoms with Crippen LogP contribution in [0.5, 0.6) is 5.88 Å². The van der Waals surface area contributed by atoms with E-state index in [2.05, 4.69) is 29.1 Å². The van der Waals surface area contributed by atoms with Crippen LogP contribution < -0.4 is 10.1 Å². The molecule has 0 fully saturated rings. The molecule has 2 aromatic rings. The van der Waals surface area contributed by atoms with Crippen molar-refractivity contribution in [1.29, 1.82) is 0 Å². The van der Waals surface area contributed by atoms with Gasteiger partial charge in [0.25, 0.3) is 0 Å². The number of nitrogens with zero attached hydrogens (tertiary/aromatic N) is 2. The molecule has 0 atom stereocenters. The molecular formula is C14H19N3O2S. The molecule has 2 rings (SSSR count). The summed E-state index contributed by atoms with van der Waals surface area (Å²) in [7, 11) is 0. The Labute approximate surface area is 122 Å². The van der Waals surface area contributed by atoms with E-state index in [4.69, 9.17) is 9.84 Å². The molecule has 2 heterocycles. The molecule has 2 N–H and O–H groups in total. The van der Waals surface area contributed by atoms with Crippen molar-refractivity contribution in [3.8, 4) is 5.88 Å². The fraction of sp³-hybridized carbons (Fsp3) is 0.429. The highest BCUT2D eigenvalue weighted by Gasteiger charge is 2.05. The second kappa shape index (κ2) is 7.21. The number of aliphatic hydroxyl groups excluding tert-OH is 1. The van der Waals surface area contributed by atoms with Crippen molar-refractivity contribution in [1.82, 2.24) is 9.97 Å². The van der Waals surface area contributed by atoms with Gasteiger partial charge in [0.2, 0.25) is 5.88 Å². The van der Waals surface area contributed by atoms with E-state index >= 15 is 0 Å². The third-order valence-electron chi connectivity index (χ3n) is 2.61. The Hall–Kier alpha value is -1.66. The highest BCUT2D eigenvalue weighted by Crippen LogP contribution is 2.22. The number of nitrogens with one attached hydrogen (secondary N) is 1. The van der Waals surface area contributed by atoms with Gasteiger partial charge in [-0.1, -0.05) is 13.8 Å². The highest BCUT2D eigenvalue weighted by atomic mass is 32.1. The van der Waals surface area contributed by atoms with Crippen LogP contribution in [0.4, 0.5) is 5.69 Å². The highest BCUT2D eigenvalue weighted by molar-refractivity contribution is 7.11. The van der Waals surface area contributed by atoms with E-state index in [1.165, 1.54) is 4.88 Å². The third kappa shape index (κ3) is 4.18. The van der Waals surface area contributed by atoms with Crippen LogP contribution in [0.25, 0.3) is 0 Å². The van der Waals surface area contributed by atoms with Crippen molar-refractivity contribution in [2.75, 3.05) is 18.5 Å². The molecule has 108 valence electrons. The topological polar surface area (TPSA) is 67.3 Å². The average Bonchev–Trinajstić information content (AvgIpc) is 2.93. The Morgan fingerprint density at radius 2 is 2.15 bits per heavy atom. The number of hydrogen-bond acceptors (Lipinski definition) is 6. The summed E-state index contributed by atoms with van der Waals surface area (Å²) in [6.45, 7) is 5.28. The van der Waals surface area contributed by atoms with E-state index in [-0.39, 0.29) is 13.2 Å². The minimum atomic E-state index is -0.00869. The quantitative estimate of drug-likeness (QED) is 0.821. The fourth-order valence-electron chi connectivity index (χ4n) is 1.58. The number of pyridine rings is 1. The number of hydrogen-bond donors (Lipinski definition) is 2. The minimum absolute atomic E-state index is 0.00869. The Kier molecular flexibility index (Phi) is 5.31. The van der Waals surface area contributed by atoms with E-state index in [1.54, 1.807) is 23.6 Å². The normalized spacial score (nSPS) is 10.8. The summed E-state index contributed by atoms with van der Waals surface area (Å²) in [5, 5.41) is 13.1. The largest absolute Gasteiger partial charge is 0.475 e. The number of aliphatic hydroxyl groups is 1. The average molecular weight is 293 g/mol. The molecular weight excluding hydrogens is 274 g/mol. The van der Waals surface area contributed by atoms with Crippen molar-refractivity contribution >= 4 is 17.0 Å². The molecule has 0 unspecified atom stereocenters.